The van der Waals surface area contributed by atoms with Crippen molar-refractivity contribution < 1.29 is 9.15 Å². The maximum Gasteiger partial charge on any atom is 0.315 e. The first-order chi connectivity index (χ1) is 10.8. The van der Waals surface area contributed by atoms with Crippen LogP contribution in [0.4, 0.5) is 6.01 Å². The van der Waals surface area contributed by atoms with Crippen LogP contribution in [0.25, 0.3) is 0 Å². The summed E-state index contributed by atoms with van der Waals surface area (Å²) in [6.07, 6.45) is 2.56. The summed E-state index contributed by atoms with van der Waals surface area (Å²) in [5.74, 6) is 1.40. The minimum atomic E-state index is -0.199. The molecule has 1 aromatic carbocycles. The monoisotopic (exact) mass is 296 g/mol. The number of aryl methyl sites for hydroxylation is 1. The minimum Gasteiger partial charge on any atom is -0.480 e. The van der Waals surface area contributed by atoms with E-state index in [1.54, 1.807) is 0 Å². The van der Waals surface area contributed by atoms with E-state index in [0.717, 1.165) is 17.9 Å². The highest BCUT2D eigenvalue weighted by Gasteiger charge is 2.28. The highest BCUT2D eigenvalue weighted by molar-refractivity contribution is 5.38. The molecule has 2 aromatic heterocycles. The summed E-state index contributed by atoms with van der Waals surface area (Å²) in [6, 6.07) is 12.4. The number of para-hydroxylation sites is 1. The topological polar surface area (TPSA) is 65.1 Å². The molecule has 6 nitrogen and oxygen atoms in total. The molecule has 3 heterocycles. The number of nitrogens with one attached hydrogen (secondary N) is 1. The summed E-state index contributed by atoms with van der Waals surface area (Å²) in [5.41, 5.74) is 2.31. The maximum absolute atomic E-state index is 5.85. The second kappa shape index (κ2) is 5.22. The molecule has 0 fully saturated rings. The van der Waals surface area contributed by atoms with E-state index in [0.29, 0.717) is 18.5 Å². The largest absolute Gasteiger partial charge is 0.480 e. The highest BCUT2D eigenvalue weighted by Crippen LogP contribution is 2.35. The second-order valence-electron chi connectivity index (χ2n) is 5.33. The molecule has 3 aromatic rings. The van der Waals surface area contributed by atoms with Crippen molar-refractivity contribution in [1.29, 1.82) is 0 Å². The fourth-order valence-corrected chi connectivity index (χ4v) is 2.60. The molecule has 0 bridgehead atoms. The molecule has 1 unspecified atom stereocenters. The van der Waals surface area contributed by atoms with Crippen molar-refractivity contribution in [2.45, 2.75) is 19.1 Å². The summed E-state index contributed by atoms with van der Waals surface area (Å²) >= 11 is 0. The smallest absolute Gasteiger partial charge is 0.315 e. The predicted octanol–water partition coefficient (Wildman–Crippen LogP) is 2.70. The van der Waals surface area contributed by atoms with Gasteiger partial charge in [-0.15, -0.1) is 5.10 Å². The van der Waals surface area contributed by atoms with E-state index < -0.39 is 0 Å². The summed E-state index contributed by atoms with van der Waals surface area (Å²) in [6.45, 7) is 0.636. The first-order valence-corrected chi connectivity index (χ1v) is 7.21. The van der Waals surface area contributed by atoms with Crippen LogP contribution in [0.1, 0.15) is 23.3 Å². The molecule has 1 atom stereocenters. The van der Waals surface area contributed by atoms with Gasteiger partial charge >= 0.3 is 6.01 Å². The summed E-state index contributed by atoms with van der Waals surface area (Å²) in [4.78, 5) is 0. The van der Waals surface area contributed by atoms with Gasteiger partial charge in [-0.2, -0.15) is 0 Å². The molecule has 4 rings (SSSR count). The zero-order valence-electron chi connectivity index (χ0n) is 12.2. The predicted molar refractivity (Wildman–Crippen MR) is 80.6 cm³/mol. The summed E-state index contributed by atoms with van der Waals surface area (Å²) < 4.78 is 13.6. The van der Waals surface area contributed by atoms with Crippen LogP contribution in [0.3, 0.4) is 0 Å². The highest BCUT2D eigenvalue weighted by atomic mass is 16.5. The fraction of sp³-hybridized carbons (Fsp3) is 0.250. The van der Waals surface area contributed by atoms with Crippen LogP contribution in [-0.4, -0.2) is 14.8 Å². The normalized spacial score (nSPS) is 16.3. The van der Waals surface area contributed by atoms with Gasteiger partial charge in [-0.3, -0.25) is 0 Å². The number of hydrogen-bond acceptors (Lipinski definition) is 5. The first-order valence-electron chi connectivity index (χ1n) is 7.21. The van der Waals surface area contributed by atoms with Crippen molar-refractivity contribution in [1.82, 2.24) is 14.8 Å². The van der Waals surface area contributed by atoms with Crippen LogP contribution in [-0.2, 0) is 20.0 Å². The number of anilines is 1. The molecule has 1 N–H and O–H groups in total. The van der Waals surface area contributed by atoms with Gasteiger partial charge in [-0.05, 0) is 23.8 Å². The number of rotatable bonds is 4. The second-order valence-corrected chi connectivity index (χ2v) is 5.33. The van der Waals surface area contributed by atoms with Crippen LogP contribution in [0.15, 0.2) is 47.0 Å². The fourth-order valence-electron chi connectivity index (χ4n) is 2.60. The van der Waals surface area contributed by atoms with Gasteiger partial charge in [0.25, 0.3) is 5.89 Å². The third kappa shape index (κ3) is 2.32. The Labute approximate surface area is 127 Å². The van der Waals surface area contributed by atoms with E-state index in [2.05, 4.69) is 21.6 Å². The zero-order valence-corrected chi connectivity index (χ0v) is 12.2. The van der Waals surface area contributed by atoms with E-state index in [4.69, 9.17) is 9.15 Å². The lowest BCUT2D eigenvalue weighted by Gasteiger charge is -2.05. The van der Waals surface area contributed by atoms with Crippen LogP contribution in [0.2, 0.25) is 0 Å². The van der Waals surface area contributed by atoms with Gasteiger partial charge in [0.05, 0.1) is 6.54 Å². The van der Waals surface area contributed by atoms with Crippen molar-refractivity contribution in [2.24, 2.45) is 7.05 Å². The Bertz CT molecular complexity index is 768. The van der Waals surface area contributed by atoms with Gasteiger partial charge < -0.3 is 19.0 Å². The molecule has 0 aliphatic carbocycles. The van der Waals surface area contributed by atoms with E-state index in [-0.39, 0.29) is 6.10 Å². The molecule has 1 aliphatic rings. The number of nitrogens with zero attached hydrogens (tertiary/aromatic N) is 3. The summed E-state index contributed by atoms with van der Waals surface area (Å²) in [7, 11) is 2.00. The van der Waals surface area contributed by atoms with Crippen molar-refractivity contribution in [3.63, 3.8) is 0 Å². The van der Waals surface area contributed by atoms with Crippen LogP contribution in [0.5, 0.6) is 5.75 Å². The van der Waals surface area contributed by atoms with E-state index >= 15 is 0 Å². The lowest BCUT2D eigenvalue weighted by atomic mass is 10.1. The summed E-state index contributed by atoms with van der Waals surface area (Å²) in [5, 5.41) is 11.3. The standard InChI is InChI=1S/C16H16N4O2/c1-20-8-4-6-12(20)10-17-16-19-18-15(22-16)14-9-11-5-2-3-7-13(11)21-14/h2-8,14H,9-10H2,1H3,(H,17,19). The van der Waals surface area contributed by atoms with E-state index in [1.165, 1.54) is 5.56 Å². The van der Waals surface area contributed by atoms with Crippen molar-refractivity contribution in [3.8, 4) is 5.75 Å². The van der Waals surface area contributed by atoms with Gasteiger partial charge in [0.2, 0.25) is 0 Å². The maximum atomic E-state index is 5.85. The average Bonchev–Trinajstić information content (AvgIpc) is 3.24. The van der Waals surface area contributed by atoms with Crippen molar-refractivity contribution in [2.75, 3.05) is 5.32 Å². The molecular weight excluding hydrogens is 280 g/mol. The lowest BCUT2D eigenvalue weighted by Crippen LogP contribution is -2.04. The number of hydrogen-bond donors (Lipinski definition) is 1. The Morgan fingerprint density at radius 1 is 1.23 bits per heavy atom. The molecule has 0 saturated heterocycles. The number of benzene rings is 1. The molecule has 6 heteroatoms. The van der Waals surface area contributed by atoms with Gasteiger partial charge in [0, 0.05) is 25.4 Å². The minimum absolute atomic E-state index is 0.199. The Morgan fingerprint density at radius 3 is 2.95 bits per heavy atom. The zero-order chi connectivity index (χ0) is 14.9. The molecule has 22 heavy (non-hydrogen) atoms. The number of aromatic nitrogens is 3. The first kappa shape index (κ1) is 12.9. The van der Waals surface area contributed by atoms with Gasteiger partial charge in [0.15, 0.2) is 6.10 Å². The molecule has 0 radical (unpaired) electrons. The third-order valence-electron chi connectivity index (χ3n) is 3.84. The average molecular weight is 296 g/mol. The Kier molecular flexibility index (Phi) is 3.07. The van der Waals surface area contributed by atoms with E-state index in [9.17, 15) is 0 Å². The number of ether oxygens (including phenoxy) is 1. The van der Waals surface area contributed by atoms with Crippen molar-refractivity contribution in [3.05, 3.63) is 59.7 Å². The molecule has 0 saturated carbocycles. The van der Waals surface area contributed by atoms with Gasteiger partial charge in [-0.1, -0.05) is 23.3 Å². The molecule has 0 spiro atoms. The molecular formula is C16H16N4O2. The van der Waals surface area contributed by atoms with E-state index in [1.807, 2.05) is 48.1 Å². The SMILES string of the molecule is Cn1cccc1CNc1nnc(C2Cc3ccccc3O2)o1. The Hall–Kier alpha value is -2.76. The van der Waals surface area contributed by atoms with Crippen LogP contribution >= 0.6 is 0 Å². The molecule has 112 valence electrons. The number of fused-ring (bicyclic) bond motifs is 1. The lowest BCUT2D eigenvalue weighted by molar-refractivity contribution is 0.199. The van der Waals surface area contributed by atoms with Crippen LogP contribution < -0.4 is 10.1 Å². The molecule has 1 aliphatic heterocycles. The Morgan fingerprint density at radius 2 is 2.14 bits per heavy atom. The van der Waals surface area contributed by atoms with Gasteiger partial charge in [0.1, 0.15) is 5.75 Å². The third-order valence-corrected chi connectivity index (χ3v) is 3.84. The van der Waals surface area contributed by atoms with Crippen LogP contribution in [0, 0.1) is 0 Å². The molecule has 0 amide bonds. The Balaban J connectivity index is 1.43. The van der Waals surface area contributed by atoms with Gasteiger partial charge in [-0.25, -0.2) is 0 Å². The van der Waals surface area contributed by atoms with Crippen molar-refractivity contribution >= 4 is 6.01 Å². The quantitative estimate of drug-likeness (QED) is 0.802.